The van der Waals surface area contributed by atoms with Crippen molar-refractivity contribution >= 4 is 5.91 Å². The van der Waals surface area contributed by atoms with E-state index in [4.69, 9.17) is 9.15 Å². The molecule has 1 unspecified atom stereocenters. The number of fused-ring (bicyclic) bond motifs is 1. The van der Waals surface area contributed by atoms with Gasteiger partial charge in [0.05, 0.1) is 12.2 Å². The Kier molecular flexibility index (Phi) is 4.86. The van der Waals surface area contributed by atoms with Gasteiger partial charge in [-0.1, -0.05) is 0 Å². The van der Waals surface area contributed by atoms with Crippen LogP contribution >= 0.6 is 0 Å². The van der Waals surface area contributed by atoms with E-state index in [1.807, 2.05) is 0 Å². The van der Waals surface area contributed by atoms with Crippen LogP contribution in [-0.2, 0) is 24.1 Å². The quantitative estimate of drug-likeness (QED) is 0.893. The van der Waals surface area contributed by atoms with Gasteiger partial charge in [0.1, 0.15) is 17.4 Å². The number of nitrogens with zero attached hydrogens (tertiary/aromatic N) is 2. The molecular weight excluding hydrogens is 346 g/mol. The Bertz CT molecular complexity index is 908. The Morgan fingerprint density at radius 2 is 2.15 bits per heavy atom. The molecule has 0 bridgehead atoms. The van der Waals surface area contributed by atoms with Gasteiger partial charge in [-0.3, -0.25) is 9.89 Å². The van der Waals surface area contributed by atoms with E-state index in [0.717, 1.165) is 37.8 Å². The van der Waals surface area contributed by atoms with Crippen molar-refractivity contribution in [2.45, 2.75) is 58.1 Å². The van der Waals surface area contributed by atoms with Crippen LogP contribution in [0, 0.1) is 6.92 Å². The molecule has 2 aromatic heterocycles. The fourth-order valence-electron chi connectivity index (χ4n) is 4.02. The molecule has 1 fully saturated rings. The molecule has 1 saturated heterocycles. The number of carbonyl (C=O) groups is 1. The number of amides is 1. The number of ether oxygens (including phenoxy) is 1. The maximum Gasteiger partial charge on any atom is 0.349 e. The van der Waals surface area contributed by atoms with Crippen molar-refractivity contribution in [2.24, 2.45) is 0 Å². The summed E-state index contributed by atoms with van der Waals surface area (Å²) in [7, 11) is 1.69. The minimum atomic E-state index is -0.596. The summed E-state index contributed by atoms with van der Waals surface area (Å²) in [6.07, 6.45) is 5.90. The normalized spacial score (nSPS) is 19.1. The first-order chi connectivity index (χ1) is 13.0. The lowest BCUT2D eigenvalue weighted by Crippen LogP contribution is -2.32. The molecule has 2 aliphatic rings. The highest BCUT2D eigenvalue weighted by molar-refractivity contribution is 5.94. The summed E-state index contributed by atoms with van der Waals surface area (Å²) < 4.78 is 11.0. The highest BCUT2D eigenvalue weighted by Gasteiger charge is 2.26. The third-order valence-corrected chi connectivity index (χ3v) is 5.50. The third-order valence-electron chi connectivity index (χ3n) is 5.50. The van der Waals surface area contributed by atoms with Crippen LogP contribution in [0.25, 0.3) is 0 Å². The number of H-pyrrole nitrogens is 1. The summed E-state index contributed by atoms with van der Waals surface area (Å²) in [6.45, 7) is 2.81. The van der Waals surface area contributed by atoms with Crippen LogP contribution < -0.4 is 5.63 Å². The van der Waals surface area contributed by atoms with Crippen LogP contribution in [0.2, 0.25) is 0 Å². The fourth-order valence-corrected chi connectivity index (χ4v) is 4.02. The topological polar surface area (TPSA) is 88.4 Å². The molecule has 1 aliphatic heterocycles. The van der Waals surface area contributed by atoms with E-state index in [-0.39, 0.29) is 17.6 Å². The van der Waals surface area contributed by atoms with Crippen molar-refractivity contribution in [3.8, 4) is 0 Å². The molecule has 7 nitrogen and oxygen atoms in total. The molecule has 0 aromatic carbocycles. The van der Waals surface area contributed by atoms with Gasteiger partial charge in [-0.15, -0.1) is 0 Å². The second-order valence-corrected chi connectivity index (χ2v) is 7.49. The maximum absolute atomic E-state index is 12.9. The van der Waals surface area contributed by atoms with Gasteiger partial charge < -0.3 is 14.1 Å². The van der Waals surface area contributed by atoms with Gasteiger partial charge >= 0.3 is 5.63 Å². The summed E-state index contributed by atoms with van der Waals surface area (Å²) in [4.78, 5) is 27.0. The minimum Gasteiger partial charge on any atom is -0.424 e. The molecule has 0 saturated carbocycles. The minimum absolute atomic E-state index is 0.0867. The van der Waals surface area contributed by atoms with Crippen LogP contribution in [0.5, 0.6) is 0 Å². The Morgan fingerprint density at radius 1 is 1.33 bits per heavy atom. The zero-order valence-corrected chi connectivity index (χ0v) is 15.8. The summed E-state index contributed by atoms with van der Waals surface area (Å²) in [5, 5.41) is 7.48. The first-order valence-electron chi connectivity index (χ1n) is 9.61. The van der Waals surface area contributed by atoms with Gasteiger partial charge in [0, 0.05) is 19.3 Å². The Labute approximate surface area is 157 Å². The molecule has 1 aliphatic carbocycles. The molecule has 1 amide bonds. The van der Waals surface area contributed by atoms with Crippen molar-refractivity contribution in [1.82, 2.24) is 15.1 Å². The number of aromatic nitrogens is 2. The number of aromatic amines is 1. The maximum atomic E-state index is 12.9. The summed E-state index contributed by atoms with van der Waals surface area (Å²) in [5.41, 5.74) is 3.40. The summed E-state index contributed by atoms with van der Waals surface area (Å²) >= 11 is 0. The monoisotopic (exact) mass is 371 g/mol. The summed E-state index contributed by atoms with van der Waals surface area (Å²) in [5.74, 6) is 0.170. The smallest absolute Gasteiger partial charge is 0.349 e. The first kappa shape index (κ1) is 18.0. The van der Waals surface area contributed by atoms with E-state index in [9.17, 15) is 9.59 Å². The number of rotatable bonds is 4. The molecule has 0 spiro atoms. The largest absolute Gasteiger partial charge is 0.424 e. The average molecular weight is 371 g/mol. The van der Waals surface area contributed by atoms with E-state index >= 15 is 0 Å². The predicted molar refractivity (Wildman–Crippen MR) is 98.7 cm³/mol. The van der Waals surface area contributed by atoms with Gasteiger partial charge in [0.15, 0.2) is 0 Å². The number of carbonyl (C=O) groups excluding carboxylic acids is 1. The highest BCUT2D eigenvalue weighted by Crippen LogP contribution is 2.29. The van der Waals surface area contributed by atoms with E-state index < -0.39 is 5.63 Å². The fraction of sp³-hybridized carbons (Fsp3) is 0.550. The van der Waals surface area contributed by atoms with Crippen molar-refractivity contribution in [2.75, 3.05) is 13.7 Å². The van der Waals surface area contributed by atoms with Crippen LogP contribution in [0.4, 0.5) is 0 Å². The van der Waals surface area contributed by atoms with E-state index in [1.54, 1.807) is 20.0 Å². The Balaban J connectivity index is 1.55. The number of nitrogens with one attached hydrogen (secondary N) is 1. The molecule has 4 rings (SSSR count). The second kappa shape index (κ2) is 7.31. The molecular formula is C20H25N3O4. The molecule has 1 N–H and O–H groups in total. The molecule has 1 atom stereocenters. The van der Waals surface area contributed by atoms with E-state index in [1.165, 1.54) is 22.6 Å². The van der Waals surface area contributed by atoms with Crippen LogP contribution in [-0.4, -0.2) is 34.7 Å². The van der Waals surface area contributed by atoms with Gasteiger partial charge in [0.25, 0.3) is 5.91 Å². The van der Waals surface area contributed by atoms with E-state index in [0.29, 0.717) is 24.5 Å². The van der Waals surface area contributed by atoms with Gasteiger partial charge in [-0.05, 0) is 62.6 Å². The zero-order chi connectivity index (χ0) is 19.0. The van der Waals surface area contributed by atoms with Crippen LogP contribution in [0.1, 0.15) is 70.4 Å². The third kappa shape index (κ3) is 3.43. The molecule has 0 radical (unpaired) electrons. The lowest BCUT2D eigenvalue weighted by atomic mass is 9.96. The summed E-state index contributed by atoms with van der Waals surface area (Å²) in [6, 6.07) is 1.76. The molecule has 144 valence electrons. The Morgan fingerprint density at radius 3 is 2.89 bits per heavy atom. The molecule has 2 aromatic rings. The number of hydrogen-bond acceptors (Lipinski definition) is 5. The van der Waals surface area contributed by atoms with Gasteiger partial charge in [-0.25, -0.2) is 4.79 Å². The van der Waals surface area contributed by atoms with Gasteiger partial charge in [-0.2, -0.15) is 5.10 Å². The second-order valence-electron chi connectivity index (χ2n) is 7.49. The lowest BCUT2D eigenvalue weighted by Gasteiger charge is -2.19. The van der Waals surface area contributed by atoms with Crippen LogP contribution in [0.15, 0.2) is 15.3 Å². The van der Waals surface area contributed by atoms with Crippen molar-refractivity contribution in [1.29, 1.82) is 0 Å². The van der Waals surface area contributed by atoms with Crippen molar-refractivity contribution in [3.63, 3.8) is 0 Å². The number of aryl methyl sites for hydroxylation is 2. The standard InChI is InChI=1S/C20H25N3O4/c1-12-10-17(16-8-5-9-26-16)27-20(25)18(12)19(24)23(2)11-15-13-6-3-4-7-14(13)21-22-15/h10,16H,3-9,11H2,1-2H3,(H,21,22). The molecule has 7 heteroatoms. The molecule has 3 heterocycles. The SMILES string of the molecule is Cc1cc(C2CCCO2)oc(=O)c1C(=O)N(C)Cc1n[nH]c2c1CCCC2. The van der Waals surface area contributed by atoms with E-state index in [2.05, 4.69) is 10.2 Å². The average Bonchev–Trinajstić information content (AvgIpc) is 3.31. The predicted octanol–water partition coefficient (Wildman–Crippen LogP) is 2.67. The van der Waals surface area contributed by atoms with Crippen molar-refractivity contribution in [3.05, 3.63) is 50.3 Å². The lowest BCUT2D eigenvalue weighted by molar-refractivity contribution is 0.0766. The molecule has 27 heavy (non-hydrogen) atoms. The number of hydrogen-bond donors (Lipinski definition) is 1. The zero-order valence-electron chi connectivity index (χ0n) is 15.8. The van der Waals surface area contributed by atoms with Crippen molar-refractivity contribution < 1.29 is 13.9 Å². The highest BCUT2D eigenvalue weighted by atomic mass is 16.5. The van der Waals surface area contributed by atoms with Crippen LogP contribution in [0.3, 0.4) is 0 Å². The first-order valence-corrected chi connectivity index (χ1v) is 9.61. The van der Waals surface area contributed by atoms with Gasteiger partial charge in [0.2, 0.25) is 0 Å². The Hall–Kier alpha value is -2.41.